The minimum atomic E-state index is -4.28. The minimum absolute atomic E-state index is 0.134. The fourth-order valence-corrected chi connectivity index (χ4v) is 1.25. The summed E-state index contributed by atoms with van der Waals surface area (Å²) in [5.41, 5.74) is 0.0133. The molecule has 0 saturated heterocycles. The van der Waals surface area contributed by atoms with Gasteiger partial charge in [0.05, 0.1) is 5.56 Å². The van der Waals surface area contributed by atoms with Gasteiger partial charge in [-0.3, -0.25) is 0 Å². The molecule has 0 unspecified atom stereocenters. The molecule has 2 N–H and O–H groups in total. The van der Waals surface area contributed by atoms with Gasteiger partial charge in [0.1, 0.15) is 0 Å². The van der Waals surface area contributed by atoms with Crippen molar-refractivity contribution in [2.45, 2.75) is 19.0 Å². The molecule has 0 saturated carbocycles. The Balaban J connectivity index is 2.46. The number of rotatable bonds is 5. The molecule has 0 aliphatic carbocycles. The molecule has 0 heterocycles. The molecule has 2 nitrogen and oxygen atoms in total. The summed E-state index contributed by atoms with van der Waals surface area (Å²) in [6.45, 7) is 0.778. The summed E-state index contributed by atoms with van der Waals surface area (Å²) in [4.78, 5) is 0. The van der Waals surface area contributed by atoms with Gasteiger partial charge in [0, 0.05) is 18.8 Å². The highest BCUT2D eigenvalue weighted by Gasteiger charge is 2.29. The molecule has 5 heteroatoms. The fraction of sp³-hybridized carbons (Fsp3) is 0.455. The van der Waals surface area contributed by atoms with Gasteiger partial charge in [-0.15, -0.1) is 0 Å². The van der Waals surface area contributed by atoms with E-state index in [1.165, 1.54) is 12.1 Å². The van der Waals surface area contributed by atoms with E-state index in [9.17, 15) is 13.2 Å². The summed E-state index contributed by atoms with van der Waals surface area (Å²) < 4.78 is 36.7. The highest BCUT2D eigenvalue weighted by atomic mass is 19.4. The summed E-state index contributed by atoms with van der Waals surface area (Å²) in [5, 5.41) is 11.5. The van der Waals surface area contributed by atoms with E-state index < -0.39 is 11.7 Å². The number of aliphatic hydroxyl groups is 1. The lowest BCUT2D eigenvalue weighted by atomic mass is 10.2. The molecule has 0 spiro atoms. The Labute approximate surface area is 92.1 Å². The Kier molecular flexibility index (Phi) is 4.61. The van der Waals surface area contributed by atoms with Crippen LogP contribution in [0.3, 0.4) is 0 Å². The van der Waals surface area contributed by atoms with E-state index >= 15 is 0 Å². The summed E-state index contributed by atoms with van der Waals surface area (Å²) in [5.74, 6) is 0. The SMILES string of the molecule is OCCCCNc1ccc(C(F)(F)F)cc1. The maximum Gasteiger partial charge on any atom is 0.416 e. The predicted octanol–water partition coefficient (Wildman–Crippen LogP) is 2.89. The molecular weight excluding hydrogens is 219 g/mol. The number of aliphatic hydroxyl groups excluding tert-OH is 1. The highest BCUT2D eigenvalue weighted by molar-refractivity contribution is 5.44. The molecule has 90 valence electrons. The van der Waals surface area contributed by atoms with Crippen LogP contribution in [0.25, 0.3) is 0 Å². The number of benzene rings is 1. The van der Waals surface area contributed by atoms with E-state index in [1.807, 2.05) is 0 Å². The Morgan fingerprint density at radius 2 is 1.69 bits per heavy atom. The van der Waals surface area contributed by atoms with Crippen molar-refractivity contribution in [1.29, 1.82) is 0 Å². The van der Waals surface area contributed by atoms with Crippen molar-refractivity contribution in [2.24, 2.45) is 0 Å². The molecule has 0 aliphatic heterocycles. The lowest BCUT2D eigenvalue weighted by molar-refractivity contribution is -0.137. The Morgan fingerprint density at radius 1 is 1.06 bits per heavy atom. The maximum atomic E-state index is 12.2. The fourth-order valence-electron chi connectivity index (χ4n) is 1.25. The zero-order valence-electron chi connectivity index (χ0n) is 8.72. The molecule has 0 radical (unpaired) electrons. The van der Waals surface area contributed by atoms with Crippen LogP contribution in [0.4, 0.5) is 18.9 Å². The number of hydrogen-bond acceptors (Lipinski definition) is 2. The van der Waals surface area contributed by atoms with Gasteiger partial charge in [-0.25, -0.2) is 0 Å². The van der Waals surface area contributed by atoms with Gasteiger partial charge in [-0.2, -0.15) is 13.2 Å². The van der Waals surface area contributed by atoms with Gasteiger partial charge in [0.2, 0.25) is 0 Å². The maximum absolute atomic E-state index is 12.2. The molecule has 1 aromatic rings. The average molecular weight is 233 g/mol. The summed E-state index contributed by atoms with van der Waals surface area (Å²) in [6.07, 6.45) is -2.80. The number of nitrogens with one attached hydrogen (secondary N) is 1. The molecule has 1 rings (SSSR count). The van der Waals surface area contributed by atoms with Crippen LogP contribution < -0.4 is 5.32 Å². The van der Waals surface area contributed by atoms with Crippen molar-refractivity contribution in [3.8, 4) is 0 Å². The Bertz CT molecular complexity index is 308. The predicted molar refractivity (Wildman–Crippen MR) is 56.3 cm³/mol. The van der Waals surface area contributed by atoms with Gasteiger partial charge in [0.15, 0.2) is 0 Å². The first-order valence-corrected chi connectivity index (χ1v) is 5.06. The van der Waals surface area contributed by atoms with Crippen molar-refractivity contribution in [1.82, 2.24) is 0 Å². The van der Waals surface area contributed by atoms with E-state index in [4.69, 9.17) is 5.11 Å². The first-order valence-electron chi connectivity index (χ1n) is 5.06. The van der Waals surface area contributed by atoms with Crippen molar-refractivity contribution in [3.05, 3.63) is 29.8 Å². The first kappa shape index (κ1) is 12.8. The topological polar surface area (TPSA) is 32.3 Å². The van der Waals surface area contributed by atoms with Gasteiger partial charge in [-0.05, 0) is 37.1 Å². The number of halogens is 3. The van der Waals surface area contributed by atoms with E-state index in [-0.39, 0.29) is 6.61 Å². The minimum Gasteiger partial charge on any atom is -0.396 e. The largest absolute Gasteiger partial charge is 0.416 e. The molecular formula is C11H14F3NO. The van der Waals surface area contributed by atoms with Crippen molar-refractivity contribution in [2.75, 3.05) is 18.5 Å². The number of anilines is 1. The van der Waals surface area contributed by atoms with Gasteiger partial charge >= 0.3 is 6.18 Å². The third-order valence-corrected chi connectivity index (χ3v) is 2.13. The quantitative estimate of drug-likeness (QED) is 0.766. The lowest BCUT2D eigenvalue weighted by Gasteiger charge is -2.09. The molecule has 0 amide bonds. The lowest BCUT2D eigenvalue weighted by Crippen LogP contribution is -2.06. The second-order valence-electron chi connectivity index (χ2n) is 3.43. The zero-order chi connectivity index (χ0) is 12.0. The molecule has 0 aromatic heterocycles. The van der Waals surface area contributed by atoms with Gasteiger partial charge in [0.25, 0.3) is 0 Å². The Morgan fingerprint density at radius 3 is 2.19 bits per heavy atom. The average Bonchev–Trinajstić information content (AvgIpc) is 2.24. The summed E-state index contributed by atoms with van der Waals surface area (Å²) in [7, 11) is 0. The third-order valence-electron chi connectivity index (χ3n) is 2.13. The molecule has 0 bridgehead atoms. The first-order chi connectivity index (χ1) is 7.54. The zero-order valence-corrected chi connectivity index (χ0v) is 8.72. The van der Waals surface area contributed by atoms with Crippen LogP contribution >= 0.6 is 0 Å². The van der Waals surface area contributed by atoms with Crippen LogP contribution in [0.15, 0.2) is 24.3 Å². The van der Waals surface area contributed by atoms with Crippen molar-refractivity contribution >= 4 is 5.69 Å². The second-order valence-corrected chi connectivity index (χ2v) is 3.43. The van der Waals surface area contributed by atoms with Gasteiger partial charge < -0.3 is 10.4 Å². The number of alkyl halides is 3. The summed E-state index contributed by atoms with van der Waals surface area (Å²) in [6, 6.07) is 4.91. The van der Waals surface area contributed by atoms with Crippen LogP contribution in [0.5, 0.6) is 0 Å². The van der Waals surface area contributed by atoms with E-state index in [2.05, 4.69) is 5.32 Å². The second kappa shape index (κ2) is 5.75. The summed E-state index contributed by atoms with van der Waals surface area (Å²) >= 11 is 0. The van der Waals surface area contributed by atoms with Gasteiger partial charge in [-0.1, -0.05) is 0 Å². The normalized spacial score (nSPS) is 11.5. The molecule has 16 heavy (non-hydrogen) atoms. The van der Waals surface area contributed by atoms with E-state index in [1.54, 1.807) is 0 Å². The van der Waals surface area contributed by atoms with Crippen LogP contribution in [-0.4, -0.2) is 18.3 Å². The van der Waals surface area contributed by atoms with Crippen LogP contribution in [-0.2, 0) is 6.18 Å². The number of unbranched alkanes of at least 4 members (excludes halogenated alkanes) is 1. The monoisotopic (exact) mass is 233 g/mol. The van der Waals surface area contributed by atoms with E-state index in [0.29, 0.717) is 18.7 Å². The van der Waals surface area contributed by atoms with Crippen LogP contribution in [0.2, 0.25) is 0 Å². The smallest absolute Gasteiger partial charge is 0.396 e. The van der Waals surface area contributed by atoms with Crippen molar-refractivity contribution in [3.63, 3.8) is 0 Å². The van der Waals surface area contributed by atoms with Crippen molar-refractivity contribution < 1.29 is 18.3 Å². The van der Waals surface area contributed by atoms with Crippen LogP contribution in [0, 0.1) is 0 Å². The highest BCUT2D eigenvalue weighted by Crippen LogP contribution is 2.29. The molecule has 1 aromatic carbocycles. The third kappa shape index (κ3) is 4.10. The molecule has 0 fully saturated rings. The van der Waals surface area contributed by atoms with Crippen LogP contribution in [0.1, 0.15) is 18.4 Å². The van der Waals surface area contributed by atoms with E-state index in [0.717, 1.165) is 18.6 Å². The number of hydrogen-bond donors (Lipinski definition) is 2. The Hall–Kier alpha value is -1.23. The molecule has 0 aliphatic rings. The standard InChI is InChI=1S/C11H14F3NO/c12-11(13,14)9-3-5-10(6-4-9)15-7-1-2-8-16/h3-6,15-16H,1-2,7-8H2. The molecule has 0 atom stereocenters.